The highest BCUT2D eigenvalue weighted by atomic mass is 32.2. The molecule has 24 heavy (non-hydrogen) atoms. The number of hydrogen-bond donors (Lipinski definition) is 1. The summed E-state index contributed by atoms with van der Waals surface area (Å²) in [7, 11) is 0. The van der Waals surface area contributed by atoms with E-state index in [9.17, 15) is 10.1 Å². The van der Waals surface area contributed by atoms with E-state index in [2.05, 4.69) is 33.9 Å². The van der Waals surface area contributed by atoms with Gasteiger partial charge in [-0.05, 0) is 57.6 Å². The molecule has 1 aliphatic rings. The van der Waals surface area contributed by atoms with E-state index in [1.165, 1.54) is 17.8 Å². The Morgan fingerprint density at radius 3 is 2.67 bits per heavy atom. The normalized spacial score (nSPS) is 15.8. The summed E-state index contributed by atoms with van der Waals surface area (Å²) in [5.41, 5.74) is 0.101. The first-order valence-corrected chi connectivity index (χ1v) is 8.96. The Kier molecular flexibility index (Phi) is 5.15. The number of hydrogen-bond acceptors (Lipinski definition) is 6. The molecule has 0 amide bonds. The van der Waals surface area contributed by atoms with Gasteiger partial charge < -0.3 is 9.88 Å². The van der Waals surface area contributed by atoms with Crippen LogP contribution in [0.5, 0.6) is 0 Å². The molecule has 0 atom stereocenters. The van der Waals surface area contributed by atoms with Crippen molar-refractivity contribution in [1.82, 2.24) is 20.1 Å². The second kappa shape index (κ2) is 7.31. The minimum Gasteiger partial charge on any atom is -0.317 e. The third-order valence-corrected chi connectivity index (χ3v) is 5.20. The van der Waals surface area contributed by atoms with E-state index in [1.54, 1.807) is 18.2 Å². The molecule has 1 saturated heterocycles. The van der Waals surface area contributed by atoms with E-state index in [4.69, 9.17) is 0 Å². The number of nitrogens with zero attached hydrogens (tertiary/aromatic N) is 4. The minimum absolute atomic E-state index is 0.101. The van der Waals surface area contributed by atoms with Crippen molar-refractivity contribution < 1.29 is 4.92 Å². The topological polar surface area (TPSA) is 85.9 Å². The maximum Gasteiger partial charge on any atom is 0.283 e. The highest BCUT2D eigenvalue weighted by molar-refractivity contribution is 7.99. The lowest BCUT2D eigenvalue weighted by atomic mass is 9.97. The summed E-state index contributed by atoms with van der Waals surface area (Å²) in [6.07, 6.45) is 2.09. The molecular formula is C16H21N5O2S. The Hall–Kier alpha value is -1.93. The van der Waals surface area contributed by atoms with Crippen molar-refractivity contribution in [1.29, 1.82) is 0 Å². The summed E-state index contributed by atoms with van der Waals surface area (Å²) in [5, 5.41) is 24.1. The van der Waals surface area contributed by atoms with Crippen LogP contribution in [-0.2, 0) is 0 Å². The highest BCUT2D eigenvalue weighted by Gasteiger charge is 2.26. The summed E-state index contributed by atoms with van der Waals surface area (Å²) in [5.74, 6) is 1.38. The van der Waals surface area contributed by atoms with Gasteiger partial charge in [-0.25, -0.2) is 0 Å². The van der Waals surface area contributed by atoms with Crippen LogP contribution in [-0.4, -0.2) is 32.8 Å². The zero-order valence-electron chi connectivity index (χ0n) is 13.8. The van der Waals surface area contributed by atoms with Crippen LogP contribution in [0.1, 0.15) is 44.5 Å². The average molecular weight is 347 g/mol. The largest absolute Gasteiger partial charge is 0.317 e. The van der Waals surface area contributed by atoms with Crippen molar-refractivity contribution in [2.75, 3.05) is 13.1 Å². The second-order valence-corrected chi connectivity index (χ2v) is 7.16. The molecule has 2 aromatic rings. The number of piperidine rings is 1. The summed E-state index contributed by atoms with van der Waals surface area (Å²) in [6.45, 7) is 6.17. The molecule has 3 rings (SSSR count). The fraction of sp³-hybridized carbons (Fsp3) is 0.500. The number of para-hydroxylation sites is 1. The van der Waals surface area contributed by atoms with E-state index >= 15 is 0 Å². The van der Waals surface area contributed by atoms with Crippen molar-refractivity contribution in [3.8, 4) is 0 Å². The third-order valence-electron chi connectivity index (χ3n) is 4.17. The monoisotopic (exact) mass is 347 g/mol. The molecule has 0 aliphatic carbocycles. The Morgan fingerprint density at radius 2 is 2.00 bits per heavy atom. The number of nitrogens with one attached hydrogen (secondary N) is 1. The van der Waals surface area contributed by atoms with Gasteiger partial charge in [-0.1, -0.05) is 12.1 Å². The molecular weight excluding hydrogens is 326 g/mol. The minimum atomic E-state index is -0.355. The van der Waals surface area contributed by atoms with Gasteiger partial charge in [0.2, 0.25) is 0 Å². The van der Waals surface area contributed by atoms with Gasteiger partial charge >= 0.3 is 0 Å². The standard InChI is InChI=1S/C16H21N5O2S/c1-11(2)20-15(12-7-9-17-10-8-12)18-19-16(20)24-14-6-4-3-5-13(14)21(22)23/h3-6,11-12,17H,7-10H2,1-2H3. The fourth-order valence-corrected chi connectivity index (χ4v) is 4.07. The number of aromatic nitrogens is 3. The Labute approximate surface area is 145 Å². The zero-order chi connectivity index (χ0) is 17.1. The molecule has 7 nitrogen and oxygen atoms in total. The van der Waals surface area contributed by atoms with E-state index in [-0.39, 0.29) is 16.7 Å². The van der Waals surface area contributed by atoms with Crippen LogP contribution in [0.4, 0.5) is 5.69 Å². The van der Waals surface area contributed by atoms with Crippen molar-refractivity contribution in [3.05, 3.63) is 40.2 Å². The maximum atomic E-state index is 11.2. The first kappa shape index (κ1) is 16.9. The van der Waals surface area contributed by atoms with Gasteiger partial charge in [0.15, 0.2) is 5.16 Å². The lowest BCUT2D eigenvalue weighted by molar-refractivity contribution is -0.387. The summed E-state index contributed by atoms with van der Waals surface area (Å²) in [6, 6.07) is 6.96. The van der Waals surface area contributed by atoms with Crippen molar-refractivity contribution >= 4 is 17.4 Å². The maximum absolute atomic E-state index is 11.2. The van der Waals surface area contributed by atoms with Crippen molar-refractivity contribution in [2.45, 2.75) is 48.7 Å². The van der Waals surface area contributed by atoms with E-state index in [0.717, 1.165) is 31.8 Å². The summed E-state index contributed by atoms with van der Waals surface area (Å²) in [4.78, 5) is 11.5. The predicted octanol–water partition coefficient (Wildman–Crippen LogP) is 3.39. The molecule has 2 heterocycles. The first-order valence-electron chi connectivity index (χ1n) is 8.14. The summed E-state index contributed by atoms with van der Waals surface area (Å²) >= 11 is 1.31. The number of benzene rings is 1. The van der Waals surface area contributed by atoms with Crippen LogP contribution in [0, 0.1) is 10.1 Å². The highest BCUT2D eigenvalue weighted by Crippen LogP contribution is 2.36. The molecule has 0 saturated carbocycles. The van der Waals surface area contributed by atoms with Gasteiger partial charge in [0.05, 0.1) is 9.82 Å². The second-order valence-electron chi connectivity index (χ2n) is 6.16. The van der Waals surface area contributed by atoms with Crippen LogP contribution in [0.3, 0.4) is 0 Å². The quantitative estimate of drug-likeness (QED) is 0.659. The molecule has 1 aromatic carbocycles. The molecule has 0 spiro atoms. The molecule has 1 aliphatic heterocycles. The Morgan fingerprint density at radius 1 is 1.29 bits per heavy atom. The number of nitro groups is 1. The van der Waals surface area contributed by atoms with Gasteiger partial charge in [-0.2, -0.15) is 0 Å². The Bertz CT molecular complexity index is 725. The Balaban J connectivity index is 1.94. The lowest BCUT2D eigenvalue weighted by Crippen LogP contribution is -2.28. The summed E-state index contributed by atoms with van der Waals surface area (Å²) < 4.78 is 2.12. The molecule has 128 valence electrons. The number of nitro benzene ring substituents is 1. The van der Waals surface area contributed by atoms with Crippen molar-refractivity contribution in [3.63, 3.8) is 0 Å². The van der Waals surface area contributed by atoms with Crippen LogP contribution in [0.2, 0.25) is 0 Å². The molecule has 0 radical (unpaired) electrons. The van der Waals surface area contributed by atoms with Gasteiger partial charge in [-0.3, -0.25) is 10.1 Å². The van der Waals surface area contributed by atoms with Gasteiger partial charge in [0, 0.05) is 18.0 Å². The van der Waals surface area contributed by atoms with Gasteiger partial charge in [0.1, 0.15) is 5.82 Å². The lowest BCUT2D eigenvalue weighted by Gasteiger charge is -2.24. The molecule has 0 unspecified atom stereocenters. The van der Waals surface area contributed by atoms with Crippen LogP contribution >= 0.6 is 11.8 Å². The van der Waals surface area contributed by atoms with E-state index < -0.39 is 0 Å². The van der Waals surface area contributed by atoms with Gasteiger partial charge in [-0.15, -0.1) is 10.2 Å². The van der Waals surface area contributed by atoms with Crippen molar-refractivity contribution in [2.24, 2.45) is 0 Å². The number of rotatable bonds is 5. The molecule has 1 N–H and O–H groups in total. The SMILES string of the molecule is CC(C)n1c(Sc2ccccc2[N+](=O)[O-])nnc1C1CCNCC1. The van der Waals surface area contributed by atoms with Crippen LogP contribution in [0.25, 0.3) is 0 Å². The zero-order valence-corrected chi connectivity index (χ0v) is 14.6. The smallest absolute Gasteiger partial charge is 0.283 e. The van der Waals surface area contributed by atoms with Crippen LogP contribution < -0.4 is 5.32 Å². The fourth-order valence-electron chi connectivity index (χ4n) is 2.99. The predicted molar refractivity (Wildman–Crippen MR) is 92.5 cm³/mol. The van der Waals surface area contributed by atoms with Crippen LogP contribution in [0.15, 0.2) is 34.3 Å². The molecule has 8 heteroatoms. The average Bonchev–Trinajstić information content (AvgIpc) is 3.00. The molecule has 0 bridgehead atoms. The molecule has 1 aromatic heterocycles. The van der Waals surface area contributed by atoms with Gasteiger partial charge in [0.25, 0.3) is 5.69 Å². The first-order chi connectivity index (χ1) is 11.6. The third kappa shape index (κ3) is 3.44. The van der Waals surface area contributed by atoms with E-state index in [1.807, 2.05) is 0 Å². The molecule has 1 fully saturated rings. The van der Waals surface area contributed by atoms with E-state index in [0.29, 0.717) is 16.0 Å².